The van der Waals surface area contributed by atoms with Gasteiger partial charge in [0.2, 0.25) is 0 Å². The first-order valence-corrected chi connectivity index (χ1v) is 17.9. The first-order chi connectivity index (χ1) is 25.2. The zero-order valence-electron chi connectivity index (χ0n) is 27.5. The Morgan fingerprint density at radius 1 is 0.392 bits per heavy atom. The van der Waals surface area contributed by atoms with Crippen molar-refractivity contribution in [2.75, 3.05) is 0 Å². The molecule has 0 bridgehead atoms. The molecule has 0 aliphatic rings. The van der Waals surface area contributed by atoms with E-state index in [9.17, 15) is 0 Å². The second kappa shape index (κ2) is 12.1. The molecule has 0 saturated heterocycles. The van der Waals surface area contributed by atoms with Crippen LogP contribution < -0.4 is 0 Å². The van der Waals surface area contributed by atoms with Crippen molar-refractivity contribution in [3.63, 3.8) is 0 Å². The zero-order chi connectivity index (χ0) is 33.7. The summed E-state index contributed by atoms with van der Waals surface area (Å²) in [4.78, 5) is 15.2. The van der Waals surface area contributed by atoms with E-state index in [-0.39, 0.29) is 0 Å². The van der Waals surface area contributed by atoms with Crippen LogP contribution in [0.1, 0.15) is 0 Å². The van der Waals surface area contributed by atoms with E-state index in [0.29, 0.717) is 5.82 Å². The minimum atomic E-state index is 0.708. The third kappa shape index (κ3) is 5.25. The average molecular weight is 668 g/mol. The Balaban J connectivity index is 1.20. The van der Waals surface area contributed by atoms with E-state index in [2.05, 4.69) is 140 Å². The van der Waals surface area contributed by atoms with Gasteiger partial charge in [-0.2, -0.15) is 0 Å². The van der Waals surface area contributed by atoms with E-state index < -0.39 is 0 Å². The summed E-state index contributed by atoms with van der Waals surface area (Å²) in [6.07, 6.45) is 1.97. The van der Waals surface area contributed by atoms with Crippen molar-refractivity contribution in [2.24, 2.45) is 0 Å². The number of para-hydroxylation sites is 1. The molecule has 0 spiro atoms. The first-order valence-electron chi connectivity index (χ1n) is 17.1. The Kier molecular flexibility index (Phi) is 7.00. The molecule has 238 valence electrons. The van der Waals surface area contributed by atoms with Gasteiger partial charge in [-0.15, -0.1) is 11.3 Å². The fraction of sp³-hybridized carbons (Fsp3) is 0. The van der Waals surface area contributed by atoms with Crippen LogP contribution >= 0.6 is 11.3 Å². The van der Waals surface area contributed by atoms with Gasteiger partial charge in [0, 0.05) is 53.8 Å². The van der Waals surface area contributed by atoms with E-state index >= 15 is 0 Å². The number of benzene rings is 7. The molecular weight excluding hydrogens is 639 g/mol. The molecule has 10 rings (SSSR count). The predicted octanol–water partition coefficient (Wildman–Crippen LogP) is 12.9. The lowest BCUT2D eigenvalue weighted by molar-refractivity contribution is 1.19. The summed E-state index contributed by atoms with van der Waals surface area (Å²) in [6.45, 7) is 0. The van der Waals surface area contributed by atoms with Crippen molar-refractivity contribution >= 4 is 53.2 Å². The van der Waals surface area contributed by atoms with Crippen LogP contribution in [0.4, 0.5) is 0 Å². The molecule has 10 aromatic rings. The highest BCUT2D eigenvalue weighted by molar-refractivity contribution is 7.26. The topological polar surface area (TPSA) is 38.7 Å². The summed E-state index contributed by atoms with van der Waals surface area (Å²) < 4.78 is 2.48. The van der Waals surface area contributed by atoms with Crippen molar-refractivity contribution in [3.05, 3.63) is 176 Å². The van der Waals surface area contributed by atoms with Crippen LogP contribution in [0.15, 0.2) is 176 Å². The molecule has 0 fully saturated rings. The molecular formula is C47H29N3S. The molecule has 0 unspecified atom stereocenters. The monoisotopic (exact) mass is 667 g/mol. The van der Waals surface area contributed by atoms with E-state index in [1.54, 1.807) is 0 Å². The number of aromatic nitrogens is 3. The lowest BCUT2D eigenvalue weighted by Crippen LogP contribution is -1.96. The van der Waals surface area contributed by atoms with Crippen LogP contribution in [0, 0.1) is 0 Å². The number of rotatable bonds is 5. The molecule has 3 heterocycles. The molecule has 7 aromatic carbocycles. The zero-order valence-corrected chi connectivity index (χ0v) is 28.3. The largest absolute Gasteiger partial charge is 0.256 e. The predicted molar refractivity (Wildman–Crippen MR) is 215 cm³/mol. The molecule has 0 aliphatic heterocycles. The third-order valence-corrected chi connectivity index (χ3v) is 10.9. The van der Waals surface area contributed by atoms with Crippen molar-refractivity contribution in [2.45, 2.75) is 0 Å². The number of fused-ring (bicyclic) bond motifs is 6. The van der Waals surface area contributed by atoms with Crippen LogP contribution in [-0.4, -0.2) is 15.0 Å². The molecule has 3 nitrogen and oxygen atoms in total. The Morgan fingerprint density at radius 3 is 1.84 bits per heavy atom. The smallest absolute Gasteiger partial charge is 0.160 e. The molecule has 0 radical (unpaired) electrons. The van der Waals surface area contributed by atoms with Gasteiger partial charge in [-0.25, -0.2) is 9.97 Å². The van der Waals surface area contributed by atoms with Gasteiger partial charge in [0.05, 0.1) is 16.9 Å². The Bertz CT molecular complexity index is 2900. The highest BCUT2D eigenvalue weighted by atomic mass is 32.1. The average Bonchev–Trinajstić information content (AvgIpc) is 3.59. The number of pyridine rings is 1. The third-order valence-electron chi connectivity index (χ3n) is 9.72. The highest BCUT2D eigenvalue weighted by Gasteiger charge is 2.18. The Morgan fingerprint density at radius 2 is 1.02 bits per heavy atom. The van der Waals surface area contributed by atoms with Crippen LogP contribution in [0.25, 0.3) is 98.0 Å². The van der Waals surface area contributed by atoms with Crippen LogP contribution in [0.3, 0.4) is 0 Å². The molecule has 4 heteroatoms. The van der Waals surface area contributed by atoms with Crippen molar-refractivity contribution in [1.29, 1.82) is 0 Å². The maximum Gasteiger partial charge on any atom is 0.160 e. The lowest BCUT2D eigenvalue weighted by Gasteiger charge is -2.13. The van der Waals surface area contributed by atoms with Crippen LogP contribution in [0.5, 0.6) is 0 Å². The summed E-state index contributed by atoms with van der Waals surface area (Å²) in [5, 5.41) is 5.97. The van der Waals surface area contributed by atoms with E-state index in [1.807, 2.05) is 47.9 Å². The Labute approximate surface area is 299 Å². The lowest BCUT2D eigenvalue weighted by atomic mass is 9.95. The minimum absolute atomic E-state index is 0.708. The van der Waals surface area contributed by atoms with Crippen molar-refractivity contribution in [3.8, 4) is 56.2 Å². The van der Waals surface area contributed by atoms with E-state index in [0.717, 1.165) is 55.5 Å². The SMILES string of the molecule is c1ccc(-c2ccc(-c3cc(-c4cc(-c5ccc6cnc7ccccc7c6c5)cc5c4sc4ccccc45)nc(-c4ccccc4)n3)cc2)cc1. The second-order valence-electron chi connectivity index (χ2n) is 12.8. The van der Waals surface area contributed by atoms with Gasteiger partial charge >= 0.3 is 0 Å². The number of nitrogens with zero attached hydrogens (tertiary/aromatic N) is 3. The standard InChI is InChI=1S/C47H29N3S/c1-3-11-30(12-4-1)31-19-21-32(22-20-31)43-28-44(50-47(49-43)33-13-5-2-6-14-33)41-27-36(26-40-38-16-8-10-18-45(38)51-46(40)41)34-23-24-35-29-48-42-17-9-7-15-37(42)39(35)25-34/h1-29H. The summed E-state index contributed by atoms with van der Waals surface area (Å²) >= 11 is 1.83. The molecule has 0 atom stereocenters. The van der Waals surface area contributed by atoms with Gasteiger partial charge in [0.15, 0.2) is 5.82 Å². The molecule has 3 aromatic heterocycles. The highest BCUT2D eigenvalue weighted by Crippen LogP contribution is 2.43. The summed E-state index contributed by atoms with van der Waals surface area (Å²) in [7, 11) is 0. The van der Waals surface area contributed by atoms with Gasteiger partial charge < -0.3 is 0 Å². The second-order valence-corrected chi connectivity index (χ2v) is 13.9. The van der Waals surface area contributed by atoms with Crippen LogP contribution in [-0.2, 0) is 0 Å². The maximum absolute atomic E-state index is 5.30. The number of hydrogen-bond acceptors (Lipinski definition) is 4. The van der Waals surface area contributed by atoms with E-state index in [4.69, 9.17) is 15.0 Å². The van der Waals surface area contributed by atoms with Gasteiger partial charge in [0.1, 0.15) is 0 Å². The first kappa shape index (κ1) is 29.4. The fourth-order valence-corrected chi connectivity index (χ4v) is 8.34. The molecule has 0 amide bonds. The Hall–Kier alpha value is -6.49. The molecule has 51 heavy (non-hydrogen) atoms. The number of hydrogen-bond donors (Lipinski definition) is 0. The van der Waals surface area contributed by atoms with E-state index in [1.165, 1.54) is 36.7 Å². The minimum Gasteiger partial charge on any atom is -0.256 e. The number of thiophene rings is 1. The maximum atomic E-state index is 5.30. The molecule has 0 saturated carbocycles. The van der Waals surface area contributed by atoms with Crippen LogP contribution in [0.2, 0.25) is 0 Å². The summed E-state index contributed by atoms with van der Waals surface area (Å²) in [5.41, 5.74) is 10.6. The van der Waals surface area contributed by atoms with Crippen molar-refractivity contribution in [1.82, 2.24) is 15.0 Å². The van der Waals surface area contributed by atoms with Crippen molar-refractivity contribution < 1.29 is 0 Å². The van der Waals surface area contributed by atoms with Gasteiger partial charge in [-0.05, 0) is 64.0 Å². The molecule has 0 N–H and O–H groups in total. The van der Waals surface area contributed by atoms with Gasteiger partial charge in [0.25, 0.3) is 0 Å². The van der Waals surface area contributed by atoms with Gasteiger partial charge in [-0.3, -0.25) is 4.98 Å². The normalized spacial score (nSPS) is 11.5. The fourth-order valence-electron chi connectivity index (χ4n) is 7.13. The quantitative estimate of drug-likeness (QED) is 0.171. The van der Waals surface area contributed by atoms with Gasteiger partial charge in [-0.1, -0.05) is 133 Å². The summed E-state index contributed by atoms with van der Waals surface area (Å²) in [6, 6.07) is 60.1. The molecule has 0 aliphatic carbocycles. The summed E-state index contributed by atoms with van der Waals surface area (Å²) in [5.74, 6) is 0.708.